The van der Waals surface area contributed by atoms with Crippen molar-refractivity contribution < 1.29 is 86.1 Å². The first-order chi connectivity index (χ1) is 39.0. The predicted molar refractivity (Wildman–Crippen MR) is 268 cm³/mol. The summed E-state index contributed by atoms with van der Waals surface area (Å²) >= 11 is 0. The van der Waals surface area contributed by atoms with Crippen molar-refractivity contribution in [3.05, 3.63) is 91.0 Å². The Morgan fingerprint density at radius 3 is 1.20 bits per heavy atom. The SMILES string of the molecule is C#C[C@]1(CO)O[C@@H](n2ccc(N)nc2=O)[C@@H](C#N)[C@@H]1O.C#C[C@]1(CO)O[C@@H](n2ccc(N)nc2=O)[C@@H](C(F)(F)F)[C@@H]1O.C#C[C@]1(CO)O[C@@H](n2ccc(N)nc2=O)[C@@H](C(F)F)[C@@H]1O.C#C[C@]1(CO)O[C@@H](n2ccc(N)nc2=O)[C@@H](CF)[C@@H]1O. The van der Waals surface area contributed by atoms with E-state index in [1.807, 2.05) is 17.9 Å². The van der Waals surface area contributed by atoms with Gasteiger partial charge in [-0.3, -0.25) is 22.7 Å². The molecule has 4 fully saturated rings. The van der Waals surface area contributed by atoms with Crippen LogP contribution in [0.3, 0.4) is 0 Å². The second-order valence-corrected chi connectivity index (χ2v) is 18.2. The first-order valence-corrected chi connectivity index (χ1v) is 23.5. The molecule has 8 rings (SSSR count). The van der Waals surface area contributed by atoms with E-state index in [-0.39, 0.29) is 23.3 Å². The summed E-state index contributed by atoms with van der Waals surface area (Å²) in [6, 6.07) is 6.82. The van der Waals surface area contributed by atoms with Crippen LogP contribution in [0.5, 0.6) is 0 Å². The molecule has 4 aliphatic rings. The van der Waals surface area contributed by atoms with E-state index in [1.54, 1.807) is 0 Å². The number of nitrogens with two attached hydrogens (primary N) is 4. The molecule has 4 aliphatic heterocycles. The minimum absolute atomic E-state index is 0.00645. The molecular weight excluding hydrogens is 1130 g/mol. The van der Waals surface area contributed by atoms with Crippen LogP contribution >= 0.6 is 0 Å². The zero-order chi connectivity index (χ0) is 62.3. The Kier molecular flexibility index (Phi) is 20.3. The van der Waals surface area contributed by atoms with E-state index in [4.69, 9.17) is 72.8 Å². The number of terminal acetylenes is 4. The van der Waals surface area contributed by atoms with E-state index < -0.39 is 164 Å². The first-order valence-electron chi connectivity index (χ1n) is 23.5. The van der Waals surface area contributed by atoms with Crippen molar-refractivity contribution >= 4 is 23.3 Å². The number of alkyl halides is 6. The maximum Gasteiger partial charge on any atom is 0.398 e. The third kappa shape index (κ3) is 12.5. The second kappa shape index (κ2) is 25.8. The summed E-state index contributed by atoms with van der Waals surface area (Å²) in [4.78, 5) is 60.7. The van der Waals surface area contributed by atoms with Gasteiger partial charge < -0.3 is 82.7 Å². The maximum atomic E-state index is 13.2. The molecule has 0 bridgehead atoms. The van der Waals surface area contributed by atoms with E-state index in [1.165, 1.54) is 30.6 Å². The maximum absolute atomic E-state index is 13.2. The number of aliphatic hydroxyl groups excluding tert-OH is 8. The Balaban J connectivity index is 0.000000203. The van der Waals surface area contributed by atoms with E-state index in [9.17, 15) is 86.4 Å². The molecule has 16 atom stereocenters. The smallest absolute Gasteiger partial charge is 0.392 e. The van der Waals surface area contributed by atoms with Gasteiger partial charge in [0.2, 0.25) is 6.43 Å². The molecule has 0 radical (unpaired) electrons. The number of nitrogen functional groups attached to an aromatic ring is 4. The monoisotopic (exact) mass is 1180 g/mol. The fourth-order valence-corrected chi connectivity index (χ4v) is 8.84. The highest BCUT2D eigenvalue weighted by atomic mass is 19.4. The van der Waals surface area contributed by atoms with Gasteiger partial charge in [-0.15, -0.1) is 25.7 Å². The van der Waals surface area contributed by atoms with E-state index in [0.29, 0.717) is 4.57 Å². The van der Waals surface area contributed by atoms with Crippen LogP contribution in [0.2, 0.25) is 0 Å². The summed E-state index contributed by atoms with van der Waals surface area (Å²) in [5.41, 5.74) is 10.0. The van der Waals surface area contributed by atoms with Gasteiger partial charge >= 0.3 is 28.9 Å². The summed E-state index contributed by atoms with van der Waals surface area (Å²) in [5, 5.41) is 86.3. The molecule has 0 aromatic carbocycles. The lowest BCUT2D eigenvalue weighted by atomic mass is 9.90. The minimum atomic E-state index is -4.93. The van der Waals surface area contributed by atoms with Crippen LogP contribution in [-0.4, -0.2) is 172 Å². The number of hydrogen-bond donors (Lipinski definition) is 12. The number of ether oxygens (including phenoxy) is 4. The van der Waals surface area contributed by atoms with Gasteiger partial charge in [0.25, 0.3) is 0 Å². The van der Waals surface area contributed by atoms with Gasteiger partial charge in [-0.25, -0.2) is 28.0 Å². The molecule has 446 valence electrons. The fraction of sp³-hybridized carbons (Fsp3) is 0.479. The number of aliphatic hydroxyl groups is 8. The topological polar surface area (TPSA) is 466 Å². The molecule has 0 aliphatic carbocycles. The van der Waals surface area contributed by atoms with Crippen molar-refractivity contribution in [3.8, 4) is 55.4 Å². The lowest BCUT2D eigenvalue weighted by molar-refractivity contribution is -0.211. The minimum Gasteiger partial charge on any atom is -0.392 e. The van der Waals surface area contributed by atoms with Gasteiger partial charge in [-0.1, -0.05) is 23.7 Å². The van der Waals surface area contributed by atoms with Crippen LogP contribution in [0.25, 0.3) is 0 Å². The number of anilines is 4. The predicted octanol–water partition coefficient (Wildman–Crippen LogP) is -4.90. The molecule has 0 unspecified atom stereocenters. The molecule has 4 aromatic rings. The lowest BCUT2D eigenvalue weighted by Crippen LogP contribution is -2.46. The van der Waals surface area contributed by atoms with Crippen molar-refractivity contribution in [2.75, 3.05) is 56.0 Å². The molecule has 16 N–H and O–H groups in total. The van der Waals surface area contributed by atoms with Gasteiger partial charge in [-0.05, 0) is 24.3 Å². The van der Waals surface area contributed by atoms with Crippen molar-refractivity contribution in [2.45, 2.75) is 84.3 Å². The molecule has 8 heterocycles. The second-order valence-electron chi connectivity index (χ2n) is 18.2. The number of nitriles is 1. The molecule has 4 saturated heterocycles. The van der Waals surface area contributed by atoms with Gasteiger partial charge in [-0.2, -0.15) is 38.4 Å². The summed E-state index contributed by atoms with van der Waals surface area (Å²) in [7, 11) is 0. The number of rotatable bonds is 10. The molecular formula is C48H51F6N13O16. The highest BCUT2D eigenvalue weighted by molar-refractivity contribution is 5.28. The number of halogens is 6. The largest absolute Gasteiger partial charge is 0.398 e. The fourth-order valence-electron chi connectivity index (χ4n) is 8.84. The van der Waals surface area contributed by atoms with Crippen molar-refractivity contribution in [1.29, 1.82) is 5.26 Å². The van der Waals surface area contributed by atoms with Crippen LogP contribution < -0.4 is 45.7 Å². The van der Waals surface area contributed by atoms with Crippen LogP contribution in [0.4, 0.5) is 49.6 Å². The molecule has 35 heteroatoms. The molecule has 0 saturated carbocycles. The first kappa shape index (κ1) is 65.4. The van der Waals surface area contributed by atoms with E-state index in [0.717, 1.165) is 32.2 Å². The van der Waals surface area contributed by atoms with E-state index in [2.05, 4.69) is 31.8 Å². The zero-order valence-electron chi connectivity index (χ0n) is 42.4. The molecule has 4 aromatic heterocycles. The highest BCUT2D eigenvalue weighted by Crippen LogP contribution is 2.49. The van der Waals surface area contributed by atoms with Crippen molar-refractivity contribution in [1.82, 2.24) is 38.2 Å². The summed E-state index contributed by atoms with van der Waals surface area (Å²) in [5.74, 6) is 1.28. The Bertz CT molecular complexity index is 3450. The number of hydrogen-bond acceptors (Lipinski definition) is 25. The van der Waals surface area contributed by atoms with Crippen LogP contribution in [0, 0.1) is 84.4 Å². The third-order valence-corrected chi connectivity index (χ3v) is 13.4. The molecule has 83 heavy (non-hydrogen) atoms. The molecule has 0 spiro atoms. The normalized spacial score (nSPS) is 32.4. The van der Waals surface area contributed by atoms with Crippen molar-refractivity contribution in [3.63, 3.8) is 0 Å². The summed E-state index contributed by atoms with van der Waals surface area (Å²) in [6.45, 7) is -4.29. The Morgan fingerprint density at radius 2 is 0.867 bits per heavy atom. The number of aromatic nitrogens is 8. The molecule has 0 amide bonds. The Hall–Kier alpha value is -8.45. The average molecular weight is 1180 g/mol. The van der Waals surface area contributed by atoms with Crippen molar-refractivity contribution in [2.24, 2.45) is 23.7 Å². The van der Waals surface area contributed by atoms with Gasteiger partial charge in [0.05, 0.1) is 51.0 Å². The highest BCUT2D eigenvalue weighted by Gasteiger charge is 2.64. The number of nitrogens with zero attached hydrogens (tertiary/aromatic N) is 9. The third-order valence-electron chi connectivity index (χ3n) is 13.4. The Morgan fingerprint density at radius 1 is 0.554 bits per heavy atom. The van der Waals surface area contributed by atoms with Gasteiger partial charge in [0.15, 0.2) is 41.1 Å². The van der Waals surface area contributed by atoms with Crippen LogP contribution in [0.15, 0.2) is 68.2 Å². The quantitative estimate of drug-likeness (QED) is 0.0523. The van der Waals surface area contributed by atoms with Gasteiger partial charge in [0.1, 0.15) is 65.8 Å². The summed E-state index contributed by atoms with van der Waals surface area (Å²) < 4.78 is 104. The van der Waals surface area contributed by atoms with Crippen LogP contribution in [0.1, 0.15) is 24.9 Å². The Labute approximate surface area is 462 Å². The zero-order valence-corrected chi connectivity index (χ0v) is 42.4. The average Bonchev–Trinajstić information content (AvgIpc) is 3.86. The standard InChI is InChI=1S/C12H12F3N3O4.C12H13F2N3O4.C12H14FN3O4.C12H12N4O4/c1-2-11(5-19)8(20)7(12(13,14)15)9(22-11)18-4-3-6(16)17-10(18)21;1-2-12(5-18)8(19)7(9(13)14)10(21-12)17-4-3-6(15)16-11(17)20;2*1-2-12(6-17)9(18)7(5-13)10(20-12)16-4-3-8(14)15-11(16)19/h1,3-4,7-9,19-20H,5H2,(H2,16,17,21);1,3-4,7-10,18-19H,5H2,(H2,15,16,20);1,3-4,7,9-10,17-18H,5-6H2,(H2,14,15,19);1,3-4,7,9-10,17-18H,6H2,(H2,14,15,19)/t7-,8-,9+,11+;7-,8+,10-,12-;2*7-,9-,10+,12+/m0100/s1. The lowest BCUT2D eigenvalue weighted by Gasteiger charge is -2.25. The van der Waals surface area contributed by atoms with Crippen LogP contribution in [-0.2, 0) is 18.9 Å². The summed E-state index contributed by atoms with van der Waals surface area (Å²) in [6.07, 6.45) is 4.59. The molecule has 29 nitrogen and oxygen atoms in total. The van der Waals surface area contributed by atoms with Gasteiger partial charge in [0, 0.05) is 24.8 Å². The van der Waals surface area contributed by atoms with E-state index >= 15 is 0 Å².